The quantitative estimate of drug-likeness (QED) is 0.564. The van der Waals surface area contributed by atoms with Gasteiger partial charge in [0.1, 0.15) is 11.3 Å². The first-order valence-electron chi connectivity index (χ1n) is 11.2. The van der Waals surface area contributed by atoms with Crippen LogP contribution in [0.3, 0.4) is 0 Å². The van der Waals surface area contributed by atoms with Gasteiger partial charge in [0.05, 0.1) is 6.04 Å². The lowest BCUT2D eigenvalue weighted by Gasteiger charge is -2.41. The zero-order valence-electron chi connectivity index (χ0n) is 19.4. The van der Waals surface area contributed by atoms with Gasteiger partial charge in [0, 0.05) is 23.0 Å². The highest BCUT2D eigenvalue weighted by molar-refractivity contribution is 6.30. The molecule has 1 aromatic carbocycles. The minimum Gasteiger partial charge on any atom is -0.444 e. The van der Waals surface area contributed by atoms with E-state index in [9.17, 15) is 9.59 Å². The van der Waals surface area contributed by atoms with E-state index < -0.39 is 11.7 Å². The first kappa shape index (κ1) is 23.9. The van der Waals surface area contributed by atoms with Gasteiger partial charge in [0.15, 0.2) is 5.82 Å². The summed E-state index contributed by atoms with van der Waals surface area (Å²) in [4.78, 5) is 25.0. The van der Waals surface area contributed by atoms with Crippen LogP contribution in [0, 0.1) is 0 Å². The monoisotopic (exact) mass is 485 g/mol. The molecule has 2 N–H and O–H groups in total. The van der Waals surface area contributed by atoms with Crippen LogP contribution in [0.1, 0.15) is 58.1 Å². The van der Waals surface area contributed by atoms with E-state index >= 15 is 0 Å². The minimum atomic E-state index is -0.582. The fourth-order valence-electron chi connectivity index (χ4n) is 4.42. The van der Waals surface area contributed by atoms with Crippen LogP contribution in [0.15, 0.2) is 41.2 Å². The molecule has 4 rings (SSSR count). The summed E-state index contributed by atoms with van der Waals surface area (Å²) in [6.45, 7) is 5.90. The largest absolute Gasteiger partial charge is 0.444 e. The predicted molar refractivity (Wildman–Crippen MR) is 127 cm³/mol. The van der Waals surface area contributed by atoms with Gasteiger partial charge in [-0.05, 0) is 80.6 Å². The number of hydrogen-bond acceptors (Lipinski definition) is 7. The number of carbonyl (C=O) groups is 1. The number of nitrogens with zero attached hydrogens (tertiary/aromatic N) is 5. The molecule has 180 valence electrons. The highest BCUT2D eigenvalue weighted by Crippen LogP contribution is 2.43. The number of rotatable bonds is 5. The Kier molecular flexibility index (Phi) is 6.70. The van der Waals surface area contributed by atoms with Crippen molar-refractivity contribution in [3.8, 4) is 11.5 Å². The van der Waals surface area contributed by atoms with Gasteiger partial charge in [0.25, 0.3) is 5.56 Å². The Morgan fingerprint density at radius 1 is 1.26 bits per heavy atom. The third kappa shape index (κ3) is 5.44. The third-order valence-electron chi connectivity index (χ3n) is 6.08. The number of carbonyl (C=O) groups excluding carboxylic acids is 1. The molecule has 1 aliphatic carbocycles. The van der Waals surface area contributed by atoms with Gasteiger partial charge < -0.3 is 10.1 Å². The van der Waals surface area contributed by atoms with Crippen molar-refractivity contribution >= 4 is 17.7 Å². The summed E-state index contributed by atoms with van der Waals surface area (Å²) in [6, 6.07) is 10.7. The molecule has 10 nitrogen and oxygen atoms in total. The summed E-state index contributed by atoms with van der Waals surface area (Å²) < 4.78 is 6.95. The molecule has 1 amide bonds. The molecule has 0 saturated heterocycles. The molecule has 0 aliphatic heterocycles. The fraction of sp³-hybridized carbons (Fsp3) is 0.478. The molecular weight excluding hydrogens is 458 g/mol. The van der Waals surface area contributed by atoms with Crippen molar-refractivity contribution in [3.05, 3.63) is 57.3 Å². The number of benzene rings is 1. The molecule has 1 fully saturated rings. The number of ether oxygens (including phenoxy) is 1. The number of halogens is 1. The number of nitrogens with one attached hydrogen (secondary N) is 2. The van der Waals surface area contributed by atoms with Crippen LogP contribution in [0.4, 0.5) is 4.79 Å². The predicted octanol–water partition coefficient (Wildman–Crippen LogP) is 3.65. The summed E-state index contributed by atoms with van der Waals surface area (Å²) in [7, 11) is 0. The van der Waals surface area contributed by atoms with Gasteiger partial charge in [0.2, 0.25) is 0 Å². The molecule has 34 heavy (non-hydrogen) atoms. The molecule has 0 atom stereocenters. The maximum Gasteiger partial charge on any atom is 0.407 e. The molecule has 0 spiro atoms. The van der Waals surface area contributed by atoms with Crippen LogP contribution in [-0.2, 0) is 10.2 Å². The number of H-pyrrole nitrogens is 1. The fourth-order valence-corrected chi connectivity index (χ4v) is 4.61. The summed E-state index contributed by atoms with van der Waals surface area (Å²) in [5.74, 6) is 0.402. The van der Waals surface area contributed by atoms with Crippen molar-refractivity contribution in [2.75, 3.05) is 6.54 Å². The molecule has 11 heteroatoms. The van der Waals surface area contributed by atoms with Gasteiger partial charge in [-0.15, -0.1) is 5.10 Å². The van der Waals surface area contributed by atoms with E-state index in [1.165, 1.54) is 10.7 Å². The number of tetrazole rings is 1. The summed E-state index contributed by atoms with van der Waals surface area (Å²) in [5.41, 5.74) is 0.457. The van der Waals surface area contributed by atoms with Gasteiger partial charge >= 0.3 is 6.09 Å². The van der Waals surface area contributed by atoms with E-state index in [0.29, 0.717) is 35.9 Å². The van der Waals surface area contributed by atoms with Crippen molar-refractivity contribution in [1.82, 2.24) is 35.7 Å². The normalized spacial score (nSPS) is 20.6. The standard InChI is InChI=1S/C23H28ClN7O3/c1-22(2,3)34-21(33)25-14-23(15-5-4-6-16(24)13-15)11-9-17(10-12-23)31-19(32)8-7-18(28-31)20-26-29-30-27-20/h4-8,13,17H,9-12,14H2,1-3H3,(H,25,33)(H,26,27,29,30)/t17-,23+. The maximum atomic E-state index is 12.6. The van der Waals surface area contributed by atoms with Crippen LogP contribution >= 0.6 is 11.6 Å². The van der Waals surface area contributed by atoms with E-state index in [-0.39, 0.29) is 17.0 Å². The molecule has 0 bridgehead atoms. The second-order valence-electron chi connectivity index (χ2n) is 9.63. The lowest BCUT2D eigenvalue weighted by molar-refractivity contribution is 0.0504. The number of hydrogen-bond donors (Lipinski definition) is 2. The molecule has 2 heterocycles. The Hall–Kier alpha value is -3.27. The highest BCUT2D eigenvalue weighted by Gasteiger charge is 2.39. The average molecular weight is 486 g/mol. The van der Waals surface area contributed by atoms with E-state index in [0.717, 1.165) is 18.4 Å². The van der Waals surface area contributed by atoms with Gasteiger partial charge in [-0.25, -0.2) is 14.6 Å². The van der Waals surface area contributed by atoms with E-state index in [1.807, 2.05) is 45.0 Å². The van der Waals surface area contributed by atoms with Crippen molar-refractivity contribution in [1.29, 1.82) is 0 Å². The molecule has 0 radical (unpaired) electrons. The minimum absolute atomic E-state index is 0.0860. The first-order valence-corrected chi connectivity index (χ1v) is 11.6. The van der Waals surface area contributed by atoms with Crippen LogP contribution in [0.5, 0.6) is 0 Å². The molecular formula is C23H28ClN7O3. The van der Waals surface area contributed by atoms with Gasteiger partial charge in [-0.3, -0.25) is 4.79 Å². The van der Waals surface area contributed by atoms with E-state index in [1.54, 1.807) is 6.07 Å². The average Bonchev–Trinajstić information content (AvgIpc) is 3.32. The Bertz CT molecular complexity index is 1200. The first-order chi connectivity index (χ1) is 16.2. The molecule has 1 saturated carbocycles. The maximum absolute atomic E-state index is 12.6. The van der Waals surface area contributed by atoms with Crippen LogP contribution in [-0.4, -0.2) is 48.6 Å². The summed E-state index contributed by atoms with van der Waals surface area (Å²) in [6.07, 6.45) is 2.41. The Morgan fingerprint density at radius 3 is 2.68 bits per heavy atom. The number of alkyl carbamates (subject to hydrolysis) is 1. The lowest BCUT2D eigenvalue weighted by Crippen LogP contribution is -2.45. The highest BCUT2D eigenvalue weighted by atomic mass is 35.5. The van der Waals surface area contributed by atoms with E-state index in [2.05, 4.69) is 31.0 Å². The second-order valence-corrected chi connectivity index (χ2v) is 10.1. The van der Waals surface area contributed by atoms with Crippen molar-refractivity contribution in [3.63, 3.8) is 0 Å². The topological polar surface area (TPSA) is 128 Å². The summed E-state index contributed by atoms with van der Waals surface area (Å²) >= 11 is 6.30. The molecule has 2 aromatic heterocycles. The molecule has 0 unspecified atom stereocenters. The number of aromatic nitrogens is 6. The van der Waals surface area contributed by atoms with Crippen molar-refractivity contribution in [2.24, 2.45) is 0 Å². The zero-order chi connectivity index (χ0) is 24.3. The summed E-state index contributed by atoms with van der Waals surface area (Å²) in [5, 5.41) is 21.8. The van der Waals surface area contributed by atoms with Crippen LogP contribution in [0.2, 0.25) is 5.02 Å². The molecule has 1 aliphatic rings. The third-order valence-corrected chi connectivity index (χ3v) is 6.31. The van der Waals surface area contributed by atoms with E-state index in [4.69, 9.17) is 16.3 Å². The lowest BCUT2D eigenvalue weighted by atomic mass is 9.68. The number of amides is 1. The Labute approximate surface area is 202 Å². The Balaban J connectivity index is 1.55. The van der Waals surface area contributed by atoms with Crippen LogP contribution < -0.4 is 10.9 Å². The van der Waals surface area contributed by atoms with Crippen molar-refractivity contribution in [2.45, 2.75) is 63.5 Å². The number of aromatic amines is 1. The SMILES string of the molecule is CC(C)(C)OC(=O)NC[C@]1(c2cccc(Cl)c2)CC[C@@H](n2nc(-c3nnn[nH]3)ccc2=O)CC1. The zero-order valence-corrected chi connectivity index (χ0v) is 20.2. The van der Waals surface area contributed by atoms with Gasteiger partial charge in [-0.2, -0.15) is 5.10 Å². The smallest absolute Gasteiger partial charge is 0.407 e. The Morgan fingerprint density at radius 2 is 2.03 bits per heavy atom. The molecule has 3 aromatic rings. The van der Waals surface area contributed by atoms with Gasteiger partial charge in [-0.1, -0.05) is 23.7 Å². The van der Waals surface area contributed by atoms with Crippen LogP contribution in [0.25, 0.3) is 11.5 Å². The van der Waals surface area contributed by atoms with Crippen molar-refractivity contribution < 1.29 is 9.53 Å². The second kappa shape index (κ2) is 9.54.